The predicted molar refractivity (Wildman–Crippen MR) is 81.4 cm³/mol. The van der Waals surface area contributed by atoms with Crippen LogP contribution in [0.3, 0.4) is 0 Å². The van der Waals surface area contributed by atoms with Gasteiger partial charge >= 0.3 is 0 Å². The Morgan fingerprint density at radius 2 is 2.09 bits per heavy atom. The molecule has 5 nitrogen and oxygen atoms in total. The van der Waals surface area contributed by atoms with E-state index >= 15 is 0 Å². The average molecular weight is 295 g/mol. The highest BCUT2D eigenvalue weighted by Crippen LogP contribution is 2.27. The van der Waals surface area contributed by atoms with Crippen LogP contribution in [0.2, 0.25) is 0 Å². The third-order valence-electron chi connectivity index (χ3n) is 3.63. The minimum absolute atomic E-state index is 0.119. The molecule has 5 heteroatoms. The standard InChI is InChI=1S/C17H17N3O2/c1-12-19-7-4-16(20-12)13-2-3-17(14(10-13)11-18)22-15-5-8-21-9-6-15/h2-4,7,10,15H,5-6,8-9H2,1H3. The topological polar surface area (TPSA) is 68.0 Å². The molecular formula is C17H17N3O2. The summed E-state index contributed by atoms with van der Waals surface area (Å²) in [4.78, 5) is 8.48. The van der Waals surface area contributed by atoms with Crippen LogP contribution in [0.15, 0.2) is 30.5 Å². The zero-order chi connectivity index (χ0) is 15.4. The van der Waals surface area contributed by atoms with Crippen LogP contribution in [0.25, 0.3) is 11.3 Å². The van der Waals surface area contributed by atoms with E-state index in [2.05, 4.69) is 16.0 Å². The van der Waals surface area contributed by atoms with Gasteiger partial charge in [-0.2, -0.15) is 5.26 Å². The monoisotopic (exact) mass is 295 g/mol. The van der Waals surface area contributed by atoms with Crippen LogP contribution in [-0.4, -0.2) is 29.3 Å². The quantitative estimate of drug-likeness (QED) is 0.871. The number of nitriles is 1. The van der Waals surface area contributed by atoms with E-state index in [9.17, 15) is 5.26 Å². The van der Waals surface area contributed by atoms with Crippen LogP contribution in [-0.2, 0) is 4.74 Å². The Morgan fingerprint density at radius 1 is 1.27 bits per heavy atom. The highest BCUT2D eigenvalue weighted by atomic mass is 16.5. The third kappa shape index (κ3) is 3.23. The number of aryl methyl sites for hydroxylation is 1. The first-order valence-corrected chi connectivity index (χ1v) is 7.35. The SMILES string of the molecule is Cc1nccc(-c2ccc(OC3CCOCC3)c(C#N)c2)n1. The number of hydrogen-bond donors (Lipinski definition) is 0. The molecule has 1 aromatic carbocycles. The van der Waals surface area contributed by atoms with Gasteiger partial charge in [-0.05, 0) is 31.2 Å². The summed E-state index contributed by atoms with van der Waals surface area (Å²) in [6, 6.07) is 9.64. The molecule has 0 atom stereocenters. The van der Waals surface area contributed by atoms with Crippen molar-refractivity contribution in [3.63, 3.8) is 0 Å². The van der Waals surface area contributed by atoms with E-state index < -0.39 is 0 Å². The summed E-state index contributed by atoms with van der Waals surface area (Å²) in [5.74, 6) is 1.34. The van der Waals surface area contributed by atoms with Gasteiger partial charge in [-0.25, -0.2) is 9.97 Å². The molecule has 22 heavy (non-hydrogen) atoms. The maximum absolute atomic E-state index is 9.39. The van der Waals surface area contributed by atoms with Crippen molar-refractivity contribution in [1.29, 1.82) is 5.26 Å². The molecule has 1 aromatic heterocycles. The van der Waals surface area contributed by atoms with Gasteiger partial charge in [0.2, 0.25) is 0 Å². The molecule has 3 rings (SSSR count). The summed E-state index contributed by atoms with van der Waals surface area (Å²) in [5, 5.41) is 9.39. The second-order valence-corrected chi connectivity index (χ2v) is 5.24. The predicted octanol–water partition coefficient (Wildman–Crippen LogP) is 2.88. The normalized spacial score (nSPS) is 15.3. The molecule has 1 saturated heterocycles. The highest BCUT2D eigenvalue weighted by molar-refractivity contribution is 5.63. The third-order valence-corrected chi connectivity index (χ3v) is 3.63. The summed E-state index contributed by atoms with van der Waals surface area (Å²) in [6.45, 7) is 3.27. The summed E-state index contributed by atoms with van der Waals surface area (Å²) in [5.41, 5.74) is 2.23. The number of hydrogen-bond acceptors (Lipinski definition) is 5. The molecule has 0 bridgehead atoms. The fourth-order valence-corrected chi connectivity index (χ4v) is 2.47. The van der Waals surface area contributed by atoms with E-state index in [0.29, 0.717) is 30.4 Å². The summed E-state index contributed by atoms with van der Waals surface area (Å²) >= 11 is 0. The molecule has 0 saturated carbocycles. The second-order valence-electron chi connectivity index (χ2n) is 5.24. The van der Waals surface area contributed by atoms with Gasteiger partial charge in [0, 0.05) is 24.6 Å². The van der Waals surface area contributed by atoms with Crippen molar-refractivity contribution in [1.82, 2.24) is 9.97 Å². The van der Waals surface area contributed by atoms with Gasteiger partial charge in [0.15, 0.2) is 0 Å². The first-order chi connectivity index (χ1) is 10.8. The molecule has 0 radical (unpaired) electrons. The number of benzene rings is 1. The van der Waals surface area contributed by atoms with E-state index in [1.807, 2.05) is 31.2 Å². The molecule has 2 aromatic rings. The maximum atomic E-state index is 9.39. The number of aromatic nitrogens is 2. The fraction of sp³-hybridized carbons (Fsp3) is 0.353. The molecule has 0 spiro atoms. The summed E-state index contributed by atoms with van der Waals surface area (Å²) in [6.07, 6.45) is 3.55. The first kappa shape index (κ1) is 14.5. The lowest BCUT2D eigenvalue weighted by Crippen LogP contribution is -2.26. The lowest BCUT2D eigenvalue weighted by Gasteiger charge is -2.23. The largest absolute Gasteiger partial charge is 0.489 e. The Kier molecular flexibility index (Phi) is 4.31. The molecule has 1 aliphatic rings. The van der Waals surface area contributed by atoms with E-state index in [1.54, 1.807) is 6.20 Å². The number of ether oxygens (including phenoxy) is 2. The van der Waals surface area contributed by atoms with Gasteiger partial charge < -0.3 is 9.47 Å². The van der Waals surface area contributed by atoms with Gasteiger partial charge in [-0.3, -0.25) is 0 Å². The fourth-order valence-electron chi connectivity index (χ4n) is 2.47. The molecular weight excluding hydrogens is 278 g/mol. The van der Waals surface area contributed by atoms with Crippen molar-refractivity contribution in [3.05, 3.63) is 41.9 Å². The van der Waals surface area contributed by atoms with Crippen LogP contribution in [0.5, 0.6) is 5.75 Å². The molecule has 112 valence electrons. The molecule has 1 aliphatic heterocycles. The number of nitrogens with zero attached hydrogens (tertiary/aromatic N) is 3. The highest BCUT2D eigenvalue weighted by Gasteiger charge is 2.17. The van der Waals surface area contributed by atoms with Crippen molar-refractivity contribution in [2.45, 2.75) is 25.9 Å². The van der Waals surface area contributed by atoms with E-state index in [0.717, 1.165) is 24.1 Å². The van der Waals surface area contributed by atoms with Gasteiger partial charge in [0.1, 0.15) is 23.7 Å². The Bertz CT molecular complexity index is 703. The minimum atomic E-state index is 0.119. The van der Waals surface area contributed by atoms with Crippen molar-refractivity contribution in [3.8, 4) is 23.1 Å². The van der Waals surface area contributed by atoms with Crippen LogP contribution in [0.1, 0.15) is 24.2 Å². The van der Waals surface area contributed by atoms with Crippen molar-refractivity contribution >= 4 is 0 Å². The van der Waals surface area contributed by atoms with E-state index in [-0.39, 0.29) is 6.10 Å². The van der Waals surface area contributed by atoms with E-state index in [1.165, 1.54) is 0 Å². The molecule has 0 aliphatic carbocycles. The van der Waals surface area contributed by atoms with Crippen LogP contribution >= 0.6 is 0 Å². The zero-order valence-electron chi connectivity index (χ0n) is 12.5. The van der Waals surface area contributed by atoms with Crippen LogP contribution < -0.4 is 4.74 Å². The maximum Gasteiger partial charge on any atom is 0.137 e. The van der Waals surface area contributed by atoms with Crippen molar-refractivity contribution in [2.24, 2.45) is 0 Å². The Balaban J connectivity index is 1.86. The number of rotatable bonds is 3. The molecule has 1 fully saturated rings. The lowest BCUT2D eigenvalue weighted by molar-refractivity contribution is 0.0254. The average Bonchev–Trinajstić information content (AvgIpc) is 2.56. The zero-order valence-corrected chi connectivity index (χ0v) is 12.5. The van der Waals surface area contributed by atoms with Gasteiger partial charge in [0.25, 0.3) is 0 Å². The Labute approximate surface area is 129 Å². The molecule has 0 N–H and O–H groups in total. The molecule has 2 heterocycles. The Hall–Kier alpha value is -2.45. The second kappa shape index (κ2) is 6.54. The summed E-state index contributed by atoms with van der Waals surface area (Å²) < 4.78 is 11.3. The molecule has 0 amide bonds. The Morgan fingerprint density at radius 3 is 2.82 bits per heavy atom. The summed E-state index contributed by atoms with van der Waals surface area (Å²) in [7, 11) is 0. The lowest BCUT2D eigenvalue weighted by atomic mass is 10.1. The smallest absolute Gasteiger partial charge is 0.137 e. The van der Waals surface area contributed by atoms with Crippen LogP contribution in [0.4, 0.5) is 0 Å². The molecule has 0 unspecified atom stereocenters. The first-order valence-electron chi connectivity index (χ1n) is 7.35. The van der Waals surface area contributed by atoms with E-state index in [4.69, 9.17) is 9.47 Å². The minimum Gasteiger partial charge on any atom is -0.489 e. The van der Waals surface area contributed by atoms with Gasteiger partial charge in [-0.1, -0.05) is 0 Å². The van der Waals surface area contributed by atoms with Crippen molar-refractivity contribution < 1.29 is 9.47 Å². The van der Waals surface area contributed by atoms with Crippen LogP contribution in [0, 0.1) is 18.3 Å². The van der Waals surface area contributed by atoms with Crippen molar-refractivity contribution in [2.75, 3.05) is 13.2 Å². The van der Waals surface area contributed by atoms with Gasteiger partial charge in [-0.15, -0.1) is 0 Å². The van der Waals surface area contributed by atoms with Gasteiger partial charge in [0.05, 0.1) is 24.5 Å².